The number of hydrogen-bond acceptors (Lipinski definition) is 4. The average molecular weight is 310 g/mol. The molecule has 0 aliphatic carbocycles. The number of carbonyl (C=O) groups is 1. The Bertz CT molecular complexity index is 798. The predicted molar refractivity (Wildman–Crippen MR) is 86.6 cm³/mol. The summed E-state index contributed by atoms with van der Waals surface area (Å²) in [4.78, 5) is 16.5. The van der Waals surface area contributed by atoms with Gasteiger partial charge in [-0.2, -0.15) is 5.10 Å². The molecule has 1 amide bonds. The maximum Gasteiger partial charge on any atom is 0.226 e. The molecule has 3 N–H and O–H groups in total. The van der Waals surface area contributed by atoms with Gasteiger partial charge in [-0.05, 0) is 18.6 Å². The second kappa shape index (κ2) is 6.58. The van der Waals surface area contributed by atoms with E-state index in [4.69, 9.17) is 0 Å². The summed E-state index contributed by atoms with van der Waals surface area (Å²) in [6.07, 6.45) is 2.82. The number of amides is 1. The molecule has 0 radical (unpaired) electrons. The summed E-state index contributed by atoms with van der Waals surface area (Å²) in [7, 11) is 0. The van der Waals surface area contributed by atoms with Crippen molar-refractivity contribution >= 4 is 16.8 Å². The van der Waals surface area contributed by atoms with Gasteiger partial charge in [0.25, 0.3) is 0 Å². The van der Waals surface area contributed by atoms with Crippen LogP contribution in [0.15, 0.2) is 48.8 Å². The number of nitrogens with zero attached hydrogens (tertiary/aromatic N) is 2. The SMILES string of the molecule is C[C@@H](O)[C@@H](NC(=O)Cc1cc2cn[nH]c2cn1)c1ccccc1. The van der Waals surface area contributed by atoms with E-state index in [0.717, 1.165) is 16.5 Å². The molecule has 2 aromatic heterocycles. The minimum atomic E-state index is -0.689. The highest BCUT2D eigenvalue weighted by molar-refractivity contribution is 5.81. The lowest BCUT2D eigenvalue weighted by Crippen LogP contribution is -2.36. The van der Waals surface area contributed by atoms with Gasteiger partial charge in [-0.1, -0.05) is 30.3 Å². The molecule has 0 spiro atoms. The van der Waals surface area contributed by atoms with Crippen molar-refractivity contribution in [1.82, 2.24) is 20.5 Å². The molecule has 2 heterocycles. The smallest absolute Gasteiger partial charge is 0.226 e. The maximum atomic E-state index is 12.3. The zero-order valence-corrected chi connectivity index (χ0v) is 12.7. The number of pyridine rings is 1. The molecular weight excluding hydrogens is 292 g/mol. The number of hydrogen-bond donors (Lipinski definition) is 3. The lowest BCUT2D eigenvalue weighted by atomic mass is 10.0. The van der Waals surface area contributed by atoms with E-state index in [2.05, 4.69) is 20.5 Å². The number of H-pyrrole nitrogens is 1. The number of fused-ring (bicyclic) bond motifs is 1. The molecule has 0 aliphatic heterocycles. The Balaban J connectivity index is 1.71. The van der Waals surface area contributed by atoms with Gasteiger partial charge in [0.2, 0.25) is 5.91 Å². The number of aliphatic hydroxyl groups excluding tert-OH is 1. The van der Waals surface area contributed by atoms with Crippen molar-refractivity contribution in [3.05, 3.63) is 60.0 Å². The highest BCUT2D eigenvalue weighted by atomic mass is 16.3. The summed E-state index contributed by atoms with van der Waals surface area (Å²) in [6.45, 7) is 1.66. The molecule has 0 fully saturated rings. The Morgan fingerprint density at radius 3 is 2.83 bits per heavy atom. The van der Waals surface area contributed by atoms with Crippen molar-refractivity contribution in [2.45, 2.75) is 25.5 Å². The lowest BCUT2D eigenvalue weighted by molar-refractivity contribution is -0.122. The molecule has 23 heavy (non-hydrogen) atoms. The molecule has 0 saturated heterocycles. The summed E-state index contributed by atoms with van der Waals surface area (Å²) >= 11 is 0. The van der Waals surface area contributed by atoms with Crippen LogP contribution >= 0.6 is 0 Å². The van der Waals surface area contributed by atoms with Crippen LogP contribution in [0.4, 0.5) is 0 Å². The third kappa shape index (κ3) is 3.54. The summed E-state index contributed by atoms with van der Waals surface area (Å²) in [5.41, 5.74) is 2.36. The van der Waals surface area contributed by atoms with E-state index in [0.29, 0.717) is 5.69 Å². The highest BCUT2D eigenvalue weighted by Crippen LogP contribution is 2.17. The fourth-order valence-corrected chi connectivity index (χ4v) is 2.52. The largest absolute Gasteiger partial charge is 0.391 e. The van der Waals surface area contributed by atoms with Crippen molar-refractivity contribution < 1.29 is 9.90 Å². The van der Waals surface area contributed by atoms with Crippen LogP contribution in [0, 0.1) is 0 Å². The standard InChI is InChI=1S/C17H18N4O2/c1-11(22)17(12-5-3-2-4-6-12)20-16(23)8-14-7-13-9-19-21-15(13)10-18-14/h2-7,9-11,17,22H,8H2,1H3,(H,19,21)(H,20,23)/t11-,17-/m1/s1. The van der Waals surface area contributed by atoms with Gasteiger partial charge in [-0.15, -0.1) is 0 Å². The first-order valence-corrected chi connectivity index (χ1v) is 7.44. The highest BCUT2D eigenvalue weighted by Gasteiger charge is 2.19. The molecule has 118 valence electrons. The number of nitrogens with one attached hydrogen (secondary N) is 2. The van der Waals surface area contributed by atoms with Crippen molar-refractivity contribution in [3.8, 4) is 0 Å². The molecule has 3 rings (SSSR count). The van der Waals surface area contributed by atoms with Crippen LogP contribution in [0.3, 0.4) is 0 Å². The Labute approximate surface area is 133 Å². The number of benzene rings is 1. The molecule has 0 saturated carbocycles. The van der Waals surface area contributed by atoms with Gasteiger partial charge in [0.15, 0.2) is 0 Å². The van der Waals surface area contributed by atoms with Crippen molar-refractivity contribution in [2.24, 2.45) is 0 Å². The van der Waals surface area contributed by atoms with E-state index in [-0.39, 0.29) is 12.3 Å². The van der Waals surface area contributed by atoms with E-state index in [1.165, 1.54) is 0 Å². The zero-order valence-electron chi connectivity index (χ0n) is 12.7. The number of rotatable bonds is 5. The molecule has 0 bridgehead atoms. The first kappa shape index (κ1) is 15.2. The Morgan fingerprint density at radius 1 is 1.30 bits per heavy atom. The van der Waals surface area contributed by atoms with Gasteiger partial charge in [0.05, 0.1) is 42.2 Å². The van der Waals surface area contributed by atoms with E-state index in [1.807, 2.05) is 36.4 Å². The average Bonchev–Trinajstić information content (AvgIpc) is 3.01. The van der Waals surface area contributed by atoms with Gasteiger partial charge < -0.3 is 10.4 Å². The number of aromatic amines is 1. The second-order valence-corrected chi connectivity index (χ2v) is 5.51. The fourth-order valence-electron chi connectivity index (χ4n) is 2.52. The third-order valence-electron chi connectivity index (χ3n) is 3.68. The van der Waals surface area contributed by atoms with E-state index < -0.39 is 12.1 Å². The van der Waals surface area contributed by atoms with E-state index in [9.17, 15) is 9.90 Å². The van der Waals surface area contributed by atoms with Crippen LogP contribution in [-0.4, -0.2) is 32.3 Å². The van der Waals surface area contributed by atoms with Gasteiger partial charge >= 0.3 is 0 Å². The summed E-state index contributed by atoms with van der Waals surface area (Å²) in [5.74, 6) is -0.185. The maximum absolute atomic E-state index is 12.3. The van der Waals surface area contributed by atoms with Gasteiger partial charge in [0.1, 0.15) is 0 Å². The van der Waals surface area contributed by atoms with Gasteiger partial charge in [-0.25, -0.2) is 0 Å². The second-order valence-electron chi connectivity index (χ2n) is 5.51. The minimum absolute atomic E-state index is 0.150. The third-order valence-corrected chi connectivity index (χ3v) is 3.68. The lowest BCUT2D eigenvalue weighted by Gasteiger charge is -2.22. The van der Waals surface area contributed by atoms with Crippen LogP contribution in [-0.2, 0) is 11.2 Å². The van der Waals surface area contributed by atoms with E-state index >= 15 is 0 Å². The Hall–Kier alpha value is -2.73. The van der Waals surface area contributed by atoms with Crippen molar-refractivity contribution in [3.63, 3.8) is 0 Å². The molecular formula is C17H18N4O2. The molecule has 3 aromatic rings. The molecule has 6 nitrogen and oxygen atoms in total. The summed E-state index contributed by atoms with van der Waals surface area (Å²) in [6, 6.07) is 10.8. The molecule has 1 aromatic carbocycles. The number of aliphatic hydroxyl groups is 1. The van der Waals surface area contributed by atoms with Crippen molar-refractivity contribution in [1.29, 1.82) is 0 Å². The van der Waals surface area contributed by atoms with Crippen LogP contribution in [0.1, 0.15) is 24.2 Å². The summed E-state index contributed by atoms with van der Waals surface area (Å²) < 4.78 is 0. The van der Waals surface area contributed by atoms with Crippen LogP contribution in [0.25, 0.3) is 10.9 Å². The van der Waals surface area contributed by atoms with Crippen molar-refractivity contribution in [2.75, 3.05) is 0 Å². The van der Waals surface area contributed by atoms with E-state index in [1.54, 1.807) is 19.3 Å². The fraction of sp³-hybridized carbons (Fsp3) is 0.235. The van der Waals surface area contributed by atoms with Gasteiger partial charge in [-0.3, -0.25) is 14.9 Å². The Kier molecular flexibility index (Phi) is 4.34. The Morgan fingerprint density at radius 2 is 2.09 bits per heavy atom. The molecule has 0 aliphatic rings. The molecule has 0 unspecified atom stereocenters. The first-order chi connectivity index (χ1) is 11.1. The van der Waals surface area contributed by atoms with Crippen LogP contribution < -0.4 is 5.32 Å². The normalized spacial score (nSPS) is 13.7. The predicted octanol–water partition coefficient (Wildman–Crippen LogP) is 1.74. The zero-order chi connectivity index (χ0) is 16.2. The quantitative estimate of drug-likeness (QED) is 0.669. The van der Waals surface area contributed by atoms with Crippen LogP contribution in [0.2, 0.25) is 0 Å². The molecule has 2 atom stereocenters. The van der Waals surface area contributed by atoms with Crippen LogP contribution in [0.5, 0.6) is 0 Å². The monoisotopic (exact) mass is 310 g/mol. The summed E-state index contributed by atoms with van der Waals surface area (Å²) in [5, 5.41) is 20.5. The molecule has 6 heteroatoms. The number of carbonyl (C=O) groups excluding carboxylic acids is 1. The van der Waals surface area contributed by atoms with Gasteiger partial charge in [0, 0.05) is 5.39 Å². The number of aromatic nitrogens is 3. The minimum Gasteiger partial charge on any atom is -0.391 e. The topological polar surface area (TPSA) is 90.9 Å². The first-order valence-electron chi connectivity index (χ1n) is 7.44.